The summed E-state index contributed by atoms with van der Waals surface area (Å²) in [5.41, 5.74) is -0.381. The molecule has 2 aromatic rings. The van der Waals surface area contributed by atoms with Crippen LogP contribution in [0.2, 0.25) is 5.02 Å². The van der Waals surface area contributed by atoms with Gasteiger partial charge < -0.3 is 10.4 Å². The molecule has 0 atom stereocenters. The summed E-state index contributed by atoms with van der Waals surface area (Å²) in [4.78, 5) is 21.6. The van der Waals surface area contributed by atoms with E-state index in [1.54, 1.807) is 0 Å². The maximum Gasteiger partial charge on any atom is 0.394 e. The number of anilines is 1. The molecule has 1 aromatic carbocycles. The van der Waals surface area contributed by atoms with Crippen LogP contribution < -0.4 is 5.32 Å². The predicted molar refractivity (Wildman–Crippen MR) is 60.4 cm³/mol. The highest BCUT2D eigenvalue weighted by Gasteiger charge is 2.20. The first-order chi connectivity index (χ1) is 9.00. The number of carbonyl (C=O) groups excluding carboxylic acids is 1. The first-order valence-electron chi connectivity index (χ1n) is 4.76. The maximum absolute atomic E-state index is 13.9. The Morgan fingerprint density at radius 1 is 1.42 bits per heavy atom. The van der Waals surface area contributed by atoms with Gasteiger partial charge in [0.15, 0.2) is 5.82 Å². The van der Waals surface area contributed by atoms with Gasteiger partial charge in [0.25, 0.3) is 0 Å². The lowest BCUT2D eigenvalue weighted by molar-refractivity contribution is -0.147. The molecule has 0 saturated heterocycles. The molecule has 1 amide bonds. The topological polar surface area (TPSA) is 110 Å². The third-order valence-corrected chi connectivity index (χ3v) is 2.39. The molecular formula is C9H5ClFN5O3. The summed E-state index contributed by atoms with van der Waals surface area (Å²) in [6.07, 6.45) is 1.15. The Morgan fingerprint density at radius 2 is 2.16 bits per heavy atom. The molecule has 2 rings (SSSR count). The number of nitrogens with one attached hydrogen (secondary N) is 1. The van der Waals surface area contributed by atoms with E-state index in [0.29, 0.717) is 0 Å². The molecule has 10 heteroatoms. The number of carboxylic acids is 1. The molecule has 8 nitrogen and oxygen atoms in total. The molecule has 0 aliphatic heterocycles. The van der Waals surface area contributed by atoms with E-state index < -0.39 is 23.4 Å². The number of rotatable bonds is 2. The number of aliphatic carboxylic acids is 1. The van der Waals surface area contributed by atoms with Gasteiger partial charge in [-0.15, -0.1) is 5.10 Å². The lowest BCUT2D eigenvalue weighted by Crippen LogP contribution is -2.23. The molecule has 0 fully saturated rings. The van der Waals surface area contributed by atoms with Crippen molar-refractivity contribution in [2.24, 2.45) is 0 Å². The highest BCUT2D eigenvalue weighted by Crippen LogP contribution is 2.28. The number of tetrazole rings is 1. The quantitative estimate of drug-likeness (QED) is 0.777. The average Bonchev–Trinajstić information content (AvgIpc) is 2.88. The molecule has 0 aliphatic carbocycles. The van der Waals surface area contributed by atoms with Crippen LogP contribution >= 0.6 is 11.6 Å². The average molecular weight is 286 g/mol. The minimum Gasteiger partial charge on any atom is -0.474 e. The second kappa shape index (κ2) is 4.98. The molecule has 0 aliphatic rings. The smallest absolute Gasteiger partial charge is 0.394 e. The maximum atomic E-state index is 13.9. The minimum absolute atomic E-state index is 0.0431. The number of carboxylic acid groups (broad SMARTS) is 1. The summed E-state index contributed by atoms with van der Waals surface area (Å²) in [6.45, 7) is 0. The number of hydrogen-bond acceptors (Lipinski definition) is 5. The van der Waals surface area contributed by atoms with E-state index in [1.807, 2.05) is 5.32 Å². The number of hydrogen-bond donors (Lipinski definition) is 2. The van der Waals surface area contributed by atoms with Crippen LogP contribution in [0.25, 0.3) is 5.69 Å². The fourth-order valence-electron chi connectivity index (χ4n) is 1.29. The summed E-state index contributed by atoms with van der Waals surface area (Å²) < 4.78 is 14.9. The SMILES string of the molecule is O=C(O)C(=O)Nc1c(-n2cnnn2)ccc(Cl)c1F. The van der Waals surface area contributed by atoms with Gasteiger partial charge in [-0.25, -0.2) is 9.18 Å². The van der Waals surface area contributed by atoms with E-state index >= 15 is 0 Å². The summed E-state index contributed by atoms with van der Waals surface area (Å²) in [7, 11) is 0. The van der Waals surface area contributed by atoms with Gasteiger partial charge in [0.05, 0.1) is 10.7 Å². The van der Waals surface area contributed by atoms with Crippen LogP contribution in [0.5, 0.6) is 0 Å². The zero-order valence-electron chi connectivity index (χ0n) is 9.04. The Hall–Kier alpha value is -2.55. The van der Waals surface area contributed by atoms with Gasteiger partial charge in [-0.05, 0) is 22.6 Å². The summed E-state index contributed by atoms with van der Waals surface area (Å²) in [6, 6.07) is 2.56. The number of benzene rings is 1. The normalized spacial score (nSPS) is 10.2. The van der Waals surface area contributed by atoms with Crippen LogP contribution in [0.3, 0.4) is 0 Å². The number of halogens is 2. The molecule has 0 bridgehead atoms. The Kier molecular flexibility index (Phi) is 3.38. The Labute approximate surface area is 109 Å². The van der Waals surface area contributed by atoms with E-state index in [1.165, 1.54) is 12.1 Å². The van der Waals surface area contributed by atoms with Crippen molar-refractivity contribution in [3.63, 3.8) is 0 Å². The number of nitrogens with zero attached hydrogens (tertiary/aromatic N) is 4. The molecule has 1 heterocycles. The van der Waals surface area contributed by atoms with E-state index in [-0.39, 0.29) is 10.7 Å². The minimum atomic E-state index is -1.76. The van der Waals surface area contributed by atoms with Crippen LogP contribution in [0.15, 0.2) is 18.5 Å². The van der Waals surface area contributed by atoms with Crippen molar-refractivity contribution < 1.29 is 19.1 Å². The van der Waals surface area contributed by atoms with Gasteiger partial charge in [0.1, 0.15) is 12.0 Å². The van der Waals surface area contributed by atoms with Crippen LogP contribution in [0.4, 0.5) is 10.1 Å². The molecule has 0 saturated carbocycles. The molecule has 98 valence electrons. The van der Waals surface area contributed by atoms with E-state index in [2.05, 4.69) is 15.5 Å². The molecule has 19 heavy (non-hydrogen) atoms. The number of amides is 1. The Bertz CT molecular complexity index is 646. The molecule has 2 N–H and O–H groups in total. The first kappa shape index (κ1) is 12.9. The predicted octanol–water partition coefficient (Wildman–Crippen LogP) is 0.478. The van der Waals surface area contributed by atoms with Crippen molar-refractivity contribution in [2.45, 2.75) is 0 Å². The van der Waals surface area contributed by atoms with Crippen molar-refractivity contribution in [2.75, 3.05) is 5.32 Å². The highest BCUT2D eigenvalue weighted by molar-refractivity contribution is 6.37. The van der Waals surface area contributed by atoms with Crippen LogP contribution in [-0.2, 0) is 9.59 Å². The number of carbonyl (C=O) groups is 2. The van der Waals surface area contributed by atoms with Crippen molar-refractivity contribution >= 4 is 29.2 Å². The summed E-state index contributed by atoms with van der Waals surface area (Å²) >= 11 is 5.58. The molecule has 0 unspecified atom stereocenters. The fourth-order valence-corrected chi connectivity index (χ4v) is 1.45. The van der Waals surface area contributed by atoms with Crippen LogP contribution in [0.1, 0.15) is 0 Å². The summed E-state index contributed by atoms with van der Waals surface area (Å²) in [5, 5.41) is 20.3. The Balaban J connectivity index is 2.53. The second-order valence-corrected chi connectivity index (χ2v) is 3.68. The lowest BCUT2D eigenvalue weighted by atomic mass is 10.2. The monoisotopic (exact) mass is 285 g/mol. The highest BCUT2D eigenvalue weighted by atomic mass is 35.5. The third-order valence-electron chi connectivity index (χ3n) is 2.10. The summed E-state index contributed by atoms with van der Waals surface area (Å²) in [5.74, 6) is -4.15. The standard InChI is InChI=1S/C9H5ClFN5O3/c10-4-1-2-5(16-3-12-14-15-16)7(6(4)11)13-8(17)9(18)19/h1-3H,(H,13,17)(H,18,19). The van der Waals surface area contributed by atoms with Crippen LogP contribution in [0, 0.1) is 5.82 Å². The van der Waals surface area contributed by atoms with Gasteiger partial charge in [0, 0.05) is 0 Å². The third kappa shape index (κ3) is 2.50. The van der Waals surface area contributed by atoms with Crippen LogP contribution in [-0.4, -0.2) is 37.2 Å². The van der Waals surface area contributed by atoms with Crippen molar-refractivity contribution in [3.05, 3.63) is 29.3 Å². The first-order valence-corrected chi connectivity index (χ1v) is 5.14. The van der Waals surface area contributed by atoms with Gasteiger partial charge in [-0.2, -0.15) is 4.68 Å². The van der Waals surface area contributed by atoms with E-state index in [0.717, 1.165) is 11.0 Å². The lowest BCUT2D eigenvalue weighted by Gasteiger charge is -2.10. The van der Waals surface area contributed by atoms with Crippen molar-refractivity contribution in [1.82, 2.24) is 20.2 Å². The largest absolute Gasteiger partial charge is 0.474 e. The fraction of sp³-hybridized carbons (Fsp3) is 0. The van der Waals surface area contributed by atoms with E-state index in [9.17, 15) is 14.0 Å². The zero-order valence-corrected chi connectivity index (χ0v) is 9.80. The molecule has 1 aromatic heterocycles. The Morgan fingerprint density at radius 3 is 2.74 bits per heavy atom. The molecule has 0 radical (unpaired) electrons. The van der Waals surface area contributed by atoms with Gasteiger partial charge in [0.2, 0.25) is 0 Å². The van der Waals surface area contributed by atoms with E-state index in [4.69, 9.17) is 16.7 Å². The second-order valence-electron chi connectivity index (χ2n) is 3.27. The zero-order chi connectivity index (χ0) is 14.0. The molecular weight excluding hydrogens is 281 g/mol. The van der Waals surface area contributed by atoms with Gasteiger partial charge in [-0.3, -0.25) is 4.79 Å². The van der Waals surface area contributed by atoms with Crippen molar-refractivity contribution in [1.29, 1.82) is 0 Å². The number of aromatic nitrogens is 4. The van der Waals surface area contributed by atoms with Gasteiger partial charge >= 0.3 is 11.9 Å². The van der Waals surface area contributed by atoms with Crippen molar-refractivity contribution in [3.8, 4) is 5.69 Å². The van der Waals surface area contributed by atoms with Gasteiger partial charge in [-0.1, -0.05) is 11.6 Å². The molecule has 0 spiro atoms.